The lowest BCUT2D eigenvalue weighted by molar-refractivity contribution is 0.0928. The zero-order chi connectivity index (χ0) is 26.2. The Morgan fingerprint density at radius 2 is 1.92 bits per heavy atom. The van der Waals surface area contributed by atoms with Gasteiger partial charge in [0.25, 0.3) is 5.91 Å². The number of hydrogen-bond acceptors (Lipinski definition) is 10. The maximum Gasteiger partial charge on any atom is 0.272 e. The Hall–Kier alpha value is -4.45. The minimum atomic E-state index is -0.534. The van der Waals surface area contributed by atoms with E-state index in [0.717, 1.165) is 5.69 Å². The summed E-state index contributed by atoms with van der Waals surface area (Å²) in [5.41, 5.74) is 2.22. The molecule has 0 radical (unpaired) electrons. The van der Waals surface area contributed by atoms with Crippen molar-refractivity contribution in [1.29, 1.82) is 0 Å². The molecule has 0 fully saturated rings. The van der Waals surface area contributed by atoms with E-state index in [-0.39, 0.29) is 16.1 Å². The Morgan fingerprint density at radius 3 is 2.68 bits per heavy atom. The predicted octanol–water partition coefficient (Wildman–Crippen LogP) is 4.38. The zero-order valence-corrected chi connectivity index (χ0v) is 21.2. The number of H-pyrrole nitrogens is 1. The van der Waals surface area contributed by atoms with Crippen molar-refractivity contribution in [3.05, 3.63) is 65.4 Å². The predicted molar refractivity (Wildman–Crippen MR) is 136 cm³/mol. The molecule has 5 aromatic heterocycles. The Balaban J connectivity index is 1.31. The van der Waals surface area contributed by atoms with Gasteiger partial charge in [-0.2, -0.15) is 0 Å². The van der Waals surface area contributed by atoms with Crippen molar-refractivity contribution in [2.24, 2.45) is 0 Å². The first-order chi connectivity index (χ1) is 17.7. The molecule has 5 heterocycles. The number of carbonyl (C=O) groups excluding carboxylic acids is 1. The largest absolute Gasteiger partial charge is 0.358 e. The number of anilines is 2. The third-order valence-corrected chi connectivity index (χ3v) is 5.76. The van der Waals surface area contributed by atoms with E-state index in [1.54, 1.807) is 43.7 Å². The summed E-state index contributed by atoms with van der Waals surface area (Å²) in [5, 5.41) is 10.0. The highest BCUT2D eigenvalue weighted by molar-refractivity contribution is 6.35. The van der Waals surface area contributed by atoms with Gasteiger partial charge in [-0.25, -0.2) is 24.9 Å². The van der Waals surface area contributed by atoms with E-state index in [1.807, 2.05) is 20.8 Å². The maximum absolute atomic E-state index is 12.9. The number of halogens is 1. The van der Waals surface area contributed by atoms with Gasteiger partial charge in [0.15, 0.2) is 28.7 Å². The summed E-state index contributed by atoms with van der Waals surface area (Å²) in [7, 11) is 0. The number of aromatic amines is 1. The summed E-state index contributed by atoms with van der Waals surface area (Å²) >= 11 is 6.42. The molecule has 0 bridgehead atoms. The molecular weight excluding hydrogens is 496 g/mol. The molecule has 12 nitrogen and oxygen atoms in total. The van der Waals surface area contributed by atoms with Gasteiger partial charge in [-0.15, -0.1) is 0 Å². The van der Waals surface area contributed by atoms with Crippen LogP contribution >= 0.6 is 11.6 Å². The van der Waals surface area contributed by atoms with Crippen LogP contribution in [0.1, 0.15) is 55.8 Å². The molecule has 0 saturated carbocycles. The number of amides is 1. The van der Waals surface area contributed by atoms with Crippen molar-refractivity contribution in [2.45, 2.75) is 39.2 Å². The first kappa shape index (κ1) is 24.3. The lowest BCUT2D eigenvalue weighted by atomic mass is 9.96. The van der Waals surface area contributed by atoms with Crippen molar-refractivity contribution >= 4 is 40.2 Å². The lowest BCUT2D eigenvalue weighted by Crippen LogP contribution is -2.27. The van der Waals surface area contributed by atoms with Gasteiger partial charge in [0.1, 0.15) is 28.4 Å². The smallest absolute Gasteiger partial charge is 0.272 e. The number of rotatable bonds is 6. The van der Waals surface area contributed by atoms with Gasteiger partial charge in [0.2, 0.25) is 0 Å². The number of hydrogen-bond donors (Lipinski definition) is 3. The van der Waals surface area contributed by atoms with Gasteiger partial charge in [-0.3, -0.25) is 9.78 Å². The first-order valence-electron chi connectivity index (χ1n) is 11.4. The molecule has 0 aliphatic carbocycles. The summed E-state index contributed by atoms with van der Waals surface area (Å²) in [5.74, 6) is 1.40. The Morgan fingerprint density at radius 1 is 1.14 bits per heavy atom. The molecule has 5 aromatic rings. The van der Waals surface area contributed by atoms with E-state index in [0.29, 0.717) is 40.1 Å². The van der Waals surface area contributed by atoms with Gasteiger partial charge in [-0.05, 0) is 19.1 Å². The third-order valence-electron chi connectivity index (χ3n) is 5.40. The summed E-state index contributed by atoms with van der Waals surface area (Å²) in [6, 6.07) is 4.66. The second kappa shape index (κ2) is 9.54. The van der Waals surface area contributed by atoms with E-state index < -0.39 is 11.9 Å². The average molecular weight is 519 g/mol. The number of nitrogens with zero attached hydrogens (tertiary/aromatic N) is 7. The monoisotopic (exact) mass is 518 g/mol. The van der Waals surface area contributed by atoms with Crippen molar-refractivity contribution in [3.63, 3.8) is 0 Å². The van der Waals surface area contributed by atoms with Crippen LogP contribution in [0.3, 0.4) is 0 Å². The molecule has 188 valence electrons. The van der Waals surface area contributed by atoms with Crippen LogP contribution in [-0.4, -0.2) is 46.0 Å². The standard InChI is InChI=1S/C24H23ClN10O2/c1-12(30-22(36)18-17(25)21(29-11-28-18)31-13-5-7-26-8-6-13)16-9-14(35-37-16)19-32-15-10-27-23(24(2,3)4)34-20(15)33-19/h5-12H,1-4H3,(H,30,36)(H,26,28,29,31)(H,27,32,33,34). The highest BCUT2D eigenvalue weighted by Crippen LogP contribution is 2.27. The molecule has 1 unspecified atom stereocenters. The first-order valence-corrected chi connectivity index (χ1v) is 11.8. The fraction of sp³-hybridized carbons (Fsp3) is 0.250. The van der Waals surface area contributed by atoms with Crippen LogP contribution in [-0.2, 0) is 5.41 Å². The van der Waals surface area contributed by atoms with Crippen molar-refractivity contribution < 1.29 is 9.32 Å². The van der Waals surface area contributed by atoms with Crippen molar-refractivity contribution in [1.82, 2.24) is 45.4 Å². The summed E-state index contributed by atoms with van der Waals surface area (Å²) in [6.07, 6.45) is 6.21. The summed E-state index contributed by atoms with van der Waals surface area (Å²) < 4.78 is 5.48. The van der Waals surface area contributed by atoms with Gasteiger partial charge in [0.05, 0.1) is 12.2 Å². The van der Waals surface area contributed by atoms with Crippen LogP contribution in [0, 0.1) is 0 Å². The Labute approximate surface area is 216 Å². The molecular formula is C24H23ClN10O2. The molecule has 1 amide bonds. The van der Waals surface area contributed by atoms with Crippen LogP contribution in [0.2, 0.25) is 5.02 Å². The number of aromatic nitrogens is 8. The number of fused-ring (bicyclic) bond motifs is 1. The van der Waals surface area contributed by atoms with E-state index in [2.05, 4.69) is 50.7 Å². The quantitative estimate of drug-likeness (QED) is 0.294. The average Bonchev–Trinajstić information content (AvgIpc) is 3.52. The molecule has 0 spiro atoms. The van der Waals surface area contributed by atoms with E-state index >= 15 is 0 Å². The van der Waals surface area contributed by atoms with Gasteiger partial charge >= 0.3 is 0 Å². The number of nitrogens with one attached hydrogen (secondary N) is 3. The SMILES string of the molecule is CC(NC(=O)c1ncnc(Nc2ccncc2)c1Cl)c1cc(-c2nc3nc(C(C)(C)C)ncc3[nH]2)no1. The summed E-state index contributed by atoms with van der Waals surface area (Å²) in [4.78, 5) is 41.7. The third kappa shape index (κ3) is 5.09. The molecule has 37 heavy (non-hydrogen) atoms. The highest BCUT2D eigenvalue weighted by Gasteiger charge is 2.23. The Bertz CT molecular complexity index is 1580. The topological polar surface area (TPSA) is 160 Å². The second-order valence-electron chi connectivity index (χ2n) is 9.32. The van der Waals surface area contributed by atoms with Gasteiger partial charge in [-0.1, -0.05) is 37.5 Å². The van der Waals surface area contributed by atoms with Crippen molar-refractivity contribution in [3.8, 4) is 11.5 Å². The highest BCUT2D eigenvalue weighted by atomic mass is 35.5. The maximum atomic E-state index is 12.9. The van der Waals surface area contributed by atoms with Crippen LogP contribution < -0.4 is 10.6 Å². The Kier molecular flexibility index (Phi) is 6.25. The molecule has 0 aliphatic heterocycles. The number of imidazole rings is 1. The molecule has 0 saturated heterocycles. The second-order valence-corrected chi connectivity index (χ2v) is 9.70. The molecule has 0 aromatic carbocycles. The molecule has 3 N–H and O–H groups in total. The van der Waals surface area contributed by atoms with Gasteiger partial charge < -0.3 is 20.1 Å². The fourth-order valence-electron chi connectivity index (χ4n) is 3.42. The normalized spacial score (nSPS) is 12.5. The van der Waals surface area contributed by atoms with Crippen LogP contribution in [0.15, 0.2) is 47.6 Å². The molecule has 1 atom stereocenters. The van der Waals surface area contributed by atoms with Crippen molar-refractivity contribution in [2.75, 3.05) is 5.32 Å². The van der Waals surface area contributed by atoms with Crippen LogP contribution in [0.5, 0.6) is 0 Å². The van der Waals surface area contributed by atoms with Crippen LogP contribution in [0.4, 0.5) is 11.5 Å². The van der Waals surface area contributed by atoms with E-state index in [9.17, 15) is 4.79 Å². The molecule has 5 rings (SSSR count). The lowest BCUT2D eigenvalue weighted by Gasteiger charge is -2.15. The van der Waals surface area contributed by atoms with E-state index in [4.69, 9.17) is 16.1 Å². The zero-order valence-electron chi connectivity index (χ0n) is 20.4. The number of carbonyl (C=O) groups is 1. The number of pyridine rings is 1. The minimum absolute atomic E-state index is 0.0188. The van der Waals surface area contributed by atoms with Crippen LogP contribution in [0.25, 0.3) is 22.7 Å². The summed E-state index contributed by atoms with van der Waals surface area (Å²) in [6.45, 7) is 7.87. The minimum Gasteiger partial charge on any atom is -0.358 e. The fourth-order valence-corrected chi connectivity index (χ4v) is 3.65. The molecule has 0 aliphatic rings. The molecule has 13 heteroatoms. The van der Waals surface area contributed by atoms with Gasteiger partial charge in [0, 0.05) is 29.6 Å². The van der Waals surface area contributed by atoms with E-state index in [1.165, 1.54) is 6.33 Å².